The second-order valence-electron chi connectivity index (χ2n) is 9.00. The average Bonchev–Trinajstić information content (AvgIpc) is 3.77. The summed E-state index contributed by atoms with van der Waals surface area (Å²) in [5.74, 6) is 2.48. The summed E-state index contributed by atoms with van der Waals surface area (Å²) in [7, 11) is 7.92. The molecule has 0 nitrogen and oxygen atoms in total. The lowest BCUT2D eigenvalue weighted by atomic mass is 9.99. The SMILES string of the molecule is Cc1cc(/C=C/C2=CS/C(=C3/SC4=C(SSCC4)S3)S2)c(C)cc1/C=C/C1=CS/C(=C2/SC3=C(SSCC3)S2)S1. The van der Waals surface area contributed by atoms with Crippen molar-refractivity contribution in [2.24, 2.45) is 0 Å². The third kappa shape index (κ3) is 6.93. The lowest BCUT2D eigenvalue weighted by molar-refractivity contribution is 1.23. The van der Waals surface area contributed by atoms with E-state index in [2.05, 4.69) is 61.1 Å². The molecule has 0 saturated carbocycles. The van der Waals surface area contributed by atoms with E-state index in [9.17, 15) is 0 Å². The molecule has 12 heteroatoms. The Morgan fingerprint density at radius 1 is 0.525 bits per heavy atom. The van der Waals surface area contributed by atoms with Crippen molar-refractivity contribution >= 4 is 149 Å². The van der Waals surface area contributed by atoms with Crippen molar-refractivity contribution in [3.63, 3.8) is 0 Å². The summed E-state index contributed by atoms with van der Waals surface area (Å²) >= 11 is 15.6. The second-order valence-corrected chi connectivity index (χ2v) is 23.6. The van der Waals surface area contributed by atoms with Crippen LogP contribution in [0.2, 0.25) is 0 Å². The van der Waals surface area contributed by atoms with Crippen LogP contribution in [-0.4, -0.2) is 11.5 Å². The molecule has 1 aromatic rings. The summed E-state index contributed by atoms with van der Waals surface area (Å²) in [5.41, 5.74) is 5.25. The molecular formula is C28H22S12. The van der Waals surface area contributed by atoms with Gasteiger partial charge in [-0.15, -0.1) is 0 Å². The van der Waals surface area contributed by atoms with Crippen molar-refractivity contribution in [3.05, 3.63) is 102 Å². The van der Waals surface area contributed by atoms with E-state index < -0.39 is 0 Å². The van der Waals surface area contributed by atoms with Crippen LogP contribution in [0.4, 0.5) is 0 Å². The summed E-state index contributed by atoms with van der Waals surface area (Å²) in [6, 6.07) is 4.67. The summed E-state index contributed by atoms with van der Waals surface area (Å²) in [5, 5.41) is 4.62. The fourth-order valence-electron chi connectivity index (χ4n) is 4.11. The van der Waals surface area contributed by atoms with E-state index in [1.165, 1.54) is 81.8 Å². The summed E-state index contributed by atoms with van der Waals surface area (Å²) < 4.78 is 8.88. The summed E-state index contributed by atoms with van der Waals surface area (Å²) in [6.45, 7) is 4.46. The molecule has 0 N–H and O–H groups in total. The standard InChI is InChI=1S/C28H22S12/c1-15-11-18(4-6-20-14-30-26(34-20)28-36-22-8-10-32-40-24(22)38-28)16(2)12-17(15)3-5-19-13-29-25(33-19)27-35-21-7-9-31-39-23(21)37-27/h3-6,11-14H,7-10H2,1-2H3/b5-3+,6-4+,27-25+,28-26+. The van der Waals surface area contributed by atoms with Gasteiger partial charge in [0.15, 0.2) is 0 Å². The molecule has 0 radical (unpaired) electrons. The highest BCUT2D eigenvalue weighted by Gasteiger charge is 2.30. The first-order valence-electron chi connectivity index (χ1n) is 12.4. The maximum Gasteiger partial charge on any atom is 0.0708 e. The van der Waals surface area contributed by atoms with Crippen molar-refractivity contribution < 1.29 is 0 Å². The molecule has 0 aliphatic carbocycles. The first kappa shape index (κ1) is 30.0. The Bertz CT molecular complexity index is 1360. The van der Waals surface area contributed by atoms with Gasteiger partial charge in [0.05, 0.1) is 25.4 Å². The quantitative estimate of drug-likeness (QED) is 0.270. The minimum absolute atomic E-state index is 1.23. The minimum Gasteiger partial charge on any atom is -0.0880 e. The number of benzene rings is 1. The van der Waals surface area contributed by atoms with Gasteiger partial charge in [-0.1, -0.05) is 140 Å². The van der Waals surface area contributed by atoms with E-state index >= 15 is 0 Å². The maximum absolute atomic E-state index is 2.34. The third-order valence-electron chi connectivity index (χ3n) is 6.18. The third-order valence-corrected chi connectivity index (χ3v) is 23.3. The van der Waals surface area contributed by atoms with Crippen LogP contribution < -0.4 is 0 Å². The molecule has 0 atom stereocenters. The predicted octanol–water partition coefficient (Wildman–Crippen LogP) is 14.1. The van der Waals surface area contributed by atoms with Crippen LogP contribution in [0.1, 0.15) is 35.1 Å². The van der Waals surface area contributed by atoms with Gasteiger partial charge in [-0.05, 0) is 93.5 Å². The Balaban J connectivity index is 0.969. The number of hydrogen-bond acceptors (Lipinski definition) is 12. The molecule has 206 valence electrons. The van der Waals surface area contributed by atoms with E-state index in [4.69, 9.17) is 0 Å². The maximum atomic E-state index is 2.34. The Hall–Kier alpha value is 1.34. The van der Waals surface area contributed by atoms with Crippen molar-refractivity contribution in [2.45, 2.75) is 26.7 Å². The zero-order valence-electron chi connectivity index (χ0n) is 21.3. The van der Waals surface area contributed by atoms with E-state index in [0.717, 1.165) is 0 Å². The van der Waals surface area contributed by atoms with Gasteiger partial charge in [0.1, 0.15) is 0 Å². The molecule has 0 spiro atoms. The van der Waals surface area contributed by atoms with Gasteiger partial charge in [0, 0.05) is 31.1 Å². The lowest BCUT2D eigenvalue weighted by Gasteiger charge is -2.08. The van der Waals surface area contributed by atoms with Gasteiger partial charge in [-0.25, -0.2) is 0 Å². The smallest absolute Gasteiger partial charge is 0.0708 e. The van der Waals surface area contributed by atoms with Gasteiger partial charge >= 0.3 is 0 Å². The van der Waals surface area contributed by atoms with Gasteiger partial charge in [-0.3, -0.25) is 0 Å². The molecule has 0 aromatic heterocycles. The summed E-state index contributed by atoms with van der Waals surface area (Å²) in [6.07, 6.45) is 11.6. The molecule has 0 unspecified atom stereocenters. The fraction of sp³-hybridized carbons (Fsp3) is 0.214. The number of hydrogen-bond donors (Lipinski definition) is 0. The molecular weight excluding hydrogens is 721 g/mol. The predicted molar refractivity (Wildman–Crippen MR) is 208 cm³/mol. The molecule has 1 aromatic carbocycles. The van der Waals surface area contributed by atoms with E-state index in [1.54, 1.807) is 9.81 Å². The molecule has 40 heavy (non-hydrogen) atoms. The molecule has 0 bridgehead atoms. The first-order valence-corrected chi connectivity index (χ1v) is 23.7. The van der Waals surface area contributed by atoms with Gasteiger partial charge in [0.2, 0.25) is 0 Å². The van der Waals surface area contributed by atoms with E-state index in [1.807, 2.05) is 137 Å². The lowest BCUT2D eigenvalue weighted by Crippen LogP contribution is -1.88. The van der Waals surface area contributed by atoms with Crippen LogP contribution in [0, 0.1) is 13.8 Å². The molecule has 0 fully saturated rings. The molecule has 6 heterocycles. The van der Waals surface area contributed by atoms with Crippen molar-refractivity contribution in [1.29, 1.82) is 0 Å². The number of rotatable bonds is 4. The topological polar surface area (TPSA) is 0 Å². The molecule has 6 aliphatic rings. The van der Waals surface area contributed by atoms with Crippen molar-refractivity contribution in [1.82, 2.24) is 0 Å². The highest BCUT2D eigenvalue weighted by atomic mass is 33.1. The van der Waals surface area contributed by atoms with Crippen molar-refractivity contribution in [3.8, 4) is 0 Å². The van der Waals surface area contributed by atoms with Crippen LogP contribution in [0.25, 0.3) is 12.2 Å². The molecule has 0 amide bonds. The van der Waals surface area contributed by atoms with Crippen LogP contribution in [-0.2, 0) is 0 Å². The van der Waals surface area contributed by atoms with Crippen LogP contribution >= 0.6 is 137 Å². The summed E-state index contributed by atoms with van der Waals surface area (Å²) in [4.78, 5) is 5.84. The van der Waals surface area contributed by atoms with Crippen molar-refractivity contribution in [2.75, 3.05) is 11.5 Å². The Morgan fingerprint density at radius 2 is 1.00 bits per heavy atom. The first-order chi connectivity index (χ1) is 19.6. The van der Waals surface area contributed by atoms with Gasteiger partial charge in [0.25, 0.3) is 0 Å². The van der Waals surface area contributed by atoms with Gasteiger partial charge in [-0.2, -0.15) is 0 Å². The van der Waals surface area contributed by atoms with Crippen LogP contribution in [0.3, 0.4) is 0 Å². The zero-order valence-corrected chi connectivity index (χ0v) is 31.1. The Morgan fingerprint density at radius 3 is 1.45 bits per heavy atom. The Labute approximate surface area is 286 Å². The Kier molecular flexibility index (Phi) is 10.3. The highest BCUT2D eigenvalue weighted by Crippen LogP contribution is 2.65. The normalized spacial score (nSPS) is 26.9. The number of thioether (sulfide) groups is 8. The van der Waals surface area contributed by atoms with E-state index in [0.29, 0.717) is 0 Å². The molecule has 0 saturated heterocycles. The van der Waals surface area contributed by atoms with Crippen LogP contribution in [0.5, 0.6) is 0 Å². The van der Waals surface area contributed by atoms with Crippen LogP contribution in [0.15, 0.2) is 80.1 Å². The molecule has 7 rings (SSSR count). The number of allylic oxidation sites excluding steroid dienone is 4. The second kappa shape index (κ2) is 13.8. The number of aryl methyl sites for hydroxylation is 2. The zero-order chi connectivity index (χ0) is 27.1. The van der Waals surface area contributed by atoms with E-state index in [-0.39, 0.29) is 0 Å². The monoisotopic (exact) mass is 742 g/mol. The average molecular weight is 743 g/mol. The highest BCUT2D eigenvalue weighted by molar-refractivity contribution is 8.81. The molecule has 6 aliphatic heterocycles. The minimum atomic E-state index is 1.23. The fourth-order valence-corrected chi connectivity index (χ4v) is 21.1. The van der Waals surface area contributed by atoms with Gasteiger partial charge < -0.3 is 0 Å². The largest absolute Gasteiger partial charge is 0.0880 e.